The minimum absolute atomic E-state index is 0.0348. The van der Waals surface area contributed by atoms with Crippen molar-refractivity contribution in [3.8, 4) is 0 Å². The summed E-state index contributed by atoms with van der Waals surface area (Å²) in [5.41, 5.74) is 0.437. The predicted octanol–water partition coefficient (Wildman–Crippen LogP) is 3.50. The van der Waals surface area contributed by atoms with E-state index in [1.165, 1.54) is 4.90 Å². The number of amides is 2. The highest BCUT2D eigenvalue weighted by Crippen LogP contribution is 2.46. The quantitative estimate of drug-likeness (QED) is 0.807. The highest BCUT2D eigenvalue weighted by Gasteiger charge is 2.54. The fourth-order valence-electron chi connectivity index (χ4n) is 4.72. The number of benzene rings is 1. The molecule has 2 amide bonds. The average Bonchev–Trinajstić information content (AvgIpc) is 2.95. The van der Waals surface area contributed by atoms with Gasteiger partial charge >= 0.3 is 12.2 Å². The molecule has 2 bridgehead atoms. The molecule has 0 saturated carbocycles. The van der Waals surface area contributed by atoms with Gasteiger partial charge in [-0.2, -0.15) is 0 Å². The standard InChI is InChI=1S/C20H25FN2O4/c21-9-11-22-10-8-20(27-18(22)24)12-16-6-7-17(13-20)23(16)19(25)26-14-15-4-2-1-3-5-15/h1-5,16-17H,6-14H2/t16-,17+,20?. The van der Waals surface area contributed by atoms with E-state index in [4.69, 9.17) is 9.47 Å². The number of alkyl halides is 1. The zero-order chi connectivity index (χ0) is 18.9. The van der Waals surface area contributed by atoms with Crippen LogP contribution in [0.4, 0.5) is 14.0 Å². The maximum Gasteiger partial charge on any atom is 0.410 e. The molecule has 1 spiro atoms. The van der Waals surface area contributed by atoms with Gasteiger partial charge in [0.1, 0.15) is 18.9 Å². The van der Waals surface area contributed by atoms with Crippen LogP contribution < -0.4 is 0 Å². The molecule has 0 aliphatic carbocycles. The Hall–Kier alpha value is -2.31. The summed E-state index contributed by atoms with van der Waals surface area (Å²) in [4.78, 5) is 28.1. The molecule has 3 aliphatic rings. The van der Waals surface area contributed by atoms with Crippen LogP contribution >= 0.6 is 0 Å². The van der Waals surface area contributed by atoms with Crippen LogP contribution in [0.25, 0.3) is 0 Å². The van der Waals surface area contributed by atoms with Crippen molar-refractivity contribution in [2.75, 3.05) is 19.8 Å². The fourth-order valence-corrected chi connectivity index (χ4v) is 4.72. The Bertz CT molecular complexity index is 684. The third-order valence-corrected chi connectivity index (χ3v) is 6.00. The first-order valence-electron chi connectivity index (χ1n) is 9.63. The molecule has 6 nitrogen and oxygen atoms in total. The molecular formula is C20H25FN2O4. The van der Waals surface area contributed by atoms with Gasteiger partial charge in [0.05, 0.1) is 6.54 Å². The molecule has 3 saturated heterocycles. The van der Waals surface area contributed by atoms with Crippen LogP contribution in [0, 0.1) is 0 Å². The lowest BCUT2D eigenvalue weighted by atomic mass is 9.82. The Labute approximate surface area is 158 Å². The number of halogens is 1. The lowest BCUT2D eigenvalue weighted by Crippen LogP contribution is -2.59. The number of fused-ring (bicyclic) bond motifs is 2. The van der Waals surface area contributed by atoms with E-state index in [1.807, 2.05) is 35.2 Å². The van der Waals surface area contributed by atoms with Crippen molar-refractivity contribution in [2.45, 2.75) is 56.4 Å². The van der Waals surface area contributed by atoms with Crippen molar-refractivity contribution >= 4 is 12.2 Å². The van der Waals surface area contributed by atoms with Gasteiger partial charge in [-0.25, -0.2) is 14.0 Å². The van der Waals surface area contributed by atoms with Gasteiger partial charge in [-0.05, 0) is 18.4 Å². The summed E-state index contributed by atoms with van der Waals surface area (Å²) >= 11 is 0. The van der Waals surface area contributed by atoms with Gasteiger partial charge in [-0.15, -0.1) is 0 Å². The second-order valence-corrected chi connectivity index (χ2v) is 7.72. The molecule has 1 aromatic rings. The Morgan fingerprint density at radius 2 is 1.93 bits per heavy atom. The Morgan fingerprint density at radius 1 is 1.22 bits per heavy atom. The molecule has 4 rings (SSSR count). The summed E-state index contributed by atoms with van der Waals surface area (Å²) in [6, 6.07) is 9.69. The molecule has 0 radical (unpaired) electrons. The van der Waals surface area contributed by atoms with Crippen LogP contribution in [0.15, 0.2) is 30.3 Å². The van der Waals surface area contributed by atoms with E-state index in [2.05, 4.69) is 0 Å². The zero-order valence-corrected chi connectivity index (χ0v) is 15.3. The number of carbonyl (C=O) groups excluding carboxylic acids is 2. The molecular weight excluding hydrogens is 351 g/mol. The van der Waals surface area contributed by atoms with E-state index < -0.39 is 18.4 Å². The highest BCUT2D eigenvalue weighted by atomic mass is 19.1. The summed E-state index contributed by atoms with van der Waals surface area (Å²) < 4.78 is 23.8. The monoisotopic (exact) mass is 376 g/mol. The SMILES string of the molecule is O=C1OC2(CCN1CCF)C[C@H]1CC[C@@H](C2)N1C(=O)OCc1ccccc1. The molecule has 146 valence electrons. The summed E-state index contributed by atoms with van der Waals surface area (Å²) in [6.45, 7) is 0.294. The lowest BCUT2D eigenvalue weighted by molar-refractivity contribution is -0.0959. The number of rotatable bonds is 4. The van der Waals surface area contributed by atoms with Gasteiger partial charge in [-0.1, -0.05) is 30.3 Å². The smallest absolute Gasteiger partial charge is 0.410 e. The third-order valence-electron chi connectivity index (χ3n) is 6.00. The van der Waals surface area contributed by atoms with Gasteiger partial charge in [0.15, 0.2) is 0 Å². The van der Waals surface area contributed by atoms with Gasteiger partial charge in [0.2, 0.25) is 0 Å². The first-order valence-corrected chi connectivity index (χ1v) is 9.63. The molecule has 0 N–H and O–H groups in total. The summed E-state index contributed by atoms with van der Waals surface area (Å²) in [6.07, 6.45) is 3.05. The van der Waals surface area contributed by atoms with Crippen LogP contribution in [-0.2, 0) is 16.1 Å². The van der Waals surface area contributed by atoms with Crippen LogP contribution in [0.1, 0.15) is 37.7 Å². The van der Waals surface area contributed by atoms with Crippen LogP contribution in [0.3, 0.4) is 0 Å². The first kappa shape index (κ1) is 18.1. The molecule has 1 unspecified atom stereocenters. The number of ether oxygens (including phenoxy) is 2. The van der Waals surface area contributed by atoms with Crippen molar-refractivity contribution in [1.29, 1.82) is 0 Å². The minimum Gasteiger partial charge on any atom is -0.445 e. The van der Waals surface area contributed by atoms with Gasteiger partial charge in [0, 0.05) is 37.9 Å². The van der Waals surface area contributed by atoms with E-state index in [0.29, 0.717) is 25.8 Å². The number of hydrogen-bond acceptors (Lipinski definition) is 4. The van der Waals surface area contributed by atoms with Crippen LogP contribution in [0.2, 0.25) is 0 Å². The molecule has 1 aromatic carbocycles. The van der Waals surface area contributed by atoms with Gasteiger partial charge in [-0.3, -0.25) is 0 Å². The number of nitrogens with zero attached hydrogens (tertiary/aromatic N) is 2. The second kappa shape index (κ2) is 7.37. The summed E-state index contributed by atoms with van der Waals surface area (Å²) in [7, 11) is 0. The Morgan fingerprint density at radius 3 is 2.56 bits per heavy atom. The topological polar surface area (TPSA) is 59.1 Å². The van der Waals surface area contributed by atoms with Crippen molar-refractivity contribution in [3.05, 3.63) is 35.9 Å². The van der Waals surface area contributed by atoms with Crippen molar-refractivity contribution in [1.82, 2.24) is 9.80 Å². The van der Waals surface area contributed by atoms with E-state index in [9.17, 15) is 14.0 Å². The largest absolute Gasteiger partial charge is 0.445 e. The van der Waals surface area contributed by atoms with Crippen molar-refractivity contribution in [3.63, 3.8) is 0 Å². The third kappa shape index (κ3) is 3.59. The number of hydrogen-bond donors (Lipinski definition) is 0. The van der Waals surface area contributed by atoms with Crippen molar-refractivity contribution < 1.29 is 23.5 Å². The molecule has 27 heavy (non-hydrogen) atoms. The van der Waals surface area contributed by atoms with Gasteiger partial charge in [0.25, 0.3) is 0 Å². The predicted molar refractivity (Wildman–Crippen MR) is 95.9 cm³/mol. The number of carbonyl (C=O) groups is 2. The molecule has 3 aliphatic heterocycles. The minimum atomic E-state index is -0.561. The summed E-state index contributed by atoms with van der Waals surface area (Å²) in [5.74, 6) is 0. The van der Waals surface area contributed by atoms with Gasteiger partial charge < -0.3 is 19.3 Å². The lowest BCUT2D eigenvalue weighted by Gasteiger charge is -2.48. The van der Waals surface area contributed by atoms with E-state index in [1.54, 1.807) is 0 Å². The Kier molecular flexibility index (Phi) is 4.93. The first-order chi connectivity index (χ1) is 13.1. The maximum absolute atomic E-state index is 12.7. The second-order valence-electron chi connectivity index (χ2n) is 7.72. The Balaban J connectivity index is 1.38. The van der Waals surface area contributed by atoms with E-state index >= 15 is 0 Å². The number of piperidine rings is 1. The molecule has 3 atom stereocenters. The summed E-state index contributed by atoms with van der Waals surface area (Å²) in [5, 5.41) is 0. The normalized spacial score (nSPS) is 29.7. The maximum atomic E-state index is 12.7. The van der Waals surface area contributed by atoms with Crippen LogP contribution in [-0.4, -0.2) is 59.4 Å². The van der Waals surface area contributed by atoms with E-state index in [-0.39, 0.29) is 31.3 Å². The van der Waals surface area contributed by atoms with E-state index in [0.717, 1.165) is 18.4 Å². The highest BCUT2D eigenvalue weighted by molar-refractivity contribution is 5.70. The molecule has 3 fully saturated rings. The average molecular weight is 376 g/mol. The molecule has 7 heteroatoms. The van der Waals surface area contributed by atoms with Crippen molar-refractivity contribution in [2.24, 2.45) is 0 Å². The molecule has 3 heterocycles. The fraction of sp³-hybridized carbons (Fsp3) is 0.600. The van der Waals surface area contributed by atoms with Crippen LogP contribution in [0.5, 0.6) is 0 Å². The molecule has 0 aromatic heterocycles. The zero-order valence-electron chi connectivity index (χ0n) is 15.3.